The molecule has 2 aromatic rings. The minimum absolute atomic E-state index is 0.0660. The second-order valence-electron chi connectivity index (χ2n) is 7.46. The van der Waals surface area contributed by atoms with E-state index in [1.807, 2.05) is 35.8 Å². The highest BCUT2D eigenvalue weighted by molar-refractivity contribution is 7.99. The van der Waals surface area contributed by atoms with Crippen LogP contribution in [0.4, 0.5) is 0 Å². The van der Waals surface area contributed by atoms with E-state index in [1.165, 1.54) is 18.2 Å². The zero-order valence-corrected chi connectivity index (χ0v) is 16.5. The number of methoxy groups -OCH3 is 1. The van der Waals surface area contributed by atoms with E-state index in [0.29, 0.717) is 17.2 Å². The molecule has 7 nitrogen and oxygen atoms in total. The molecule has 0 bridgehead atoms. The molecular weight excluding hydrogens is 362 g/mol. The smallest absolute Gasteiger partial charge is 0.230 e. The quantitative estimate of drug-likeness (QED) is 0.738. The summed E-state index contributed by atoms with van der Waals surface area (Å²) in [6, 6.07) is 8.04. The Balaban J connectivity index is 1.36. The van der Waals surface area contributed by atoms with Gasteiger partial charge in [-0.3, -0.25) is 9.36 Å². The first-order valence-electron chi connectivity index (χ1n) is 9.28. The van der Waals surface area contributed by atoms with E-state index in [2.05, 4.69) is 20.8 Å². The van der Waals surface area contributed by atoms with Gasteiger partial charge in [-0.05, 0) is 55.9 Å². The Kier molecular flexibility index (Phi) is 5.10. The average molecular weight is 388 g/mol. The van der Waals surface area contributed by atoms with Crippen molar-refractivity contribution in [3.8, 4) is 11.4 Å². The van der Waals surface area contributed by atoms with Gasteiger partial charge in [-0.15, -0.1) is 10.2 Å². The first-order chi connectivity index (χ1) is 13.1. The highest BCUT2D eigenvalue weighted by Crippen LogP contribution is 2.41. The van der Waals surface area contributed by atoms with Crippen LogP contribution in [0.15, 0.2) is 29.4 Å². The second kappa shape index (κ2) is 7.52. The molecule has 1 aromatic carbocycles. The molecular formula is C19H25N5O2S. The maximum Gasteiger partial charge on any atom is 0.230 e. The van der Waals surface area contributed by atoms with Crippen molar-refractivity contribution in [1.82, 2.24) is 25.4 Å². The van der Waals surface area contributed by atoms with Gasteiger partial charge in [0.15, 0.2) is 5.16 Å². The molecule has 2 aliphatic rings. The number of benzene rings is 1. The standard InChI is InChI=1S/C19H25N5O2S/c1-13-22-23-18(24(13)15-3-5-16(26-2)6-4-15)27-10-17(25)21-14-7-8-19(9-14)11-20-12-19/h3-6,14,20H,7-12H2,1-2H3,(H,21,25). The molecule has 8 heteroatoms. The summed E-state index contributed by atoms with van der Waals surface area (Å²) in [5.41, 5.74) is 1.40. The van der Waals surface area contributed by atoms with Crippen LogP contribution in [0.2, 0.25) is 0 Å². The van der Waals surface area contributed by atoms with Gasteiger partial charge in [0.05, 0.1) is 12.9 Å². The van der Waals surface area contributed by atoms with E-state index in [0.717, 1.165) is 48.3 Å². The number of ether oxygens (including phenoxy) is 1. The lowest BCUT2D eigenvalue weighted by Crippen LogP contribution is -2.52. The van der Waals surface area contributed by atoms with E-state index in [1.54, 1.807) is 7.11 Å². The van der Waals surface area contributed by atoms with Gasteiger partial charge in [-0.2, -0.15) is 0 Å². The van der Waals surface area contributed by atoms with Gasteiger partial charge >= 0.3 is 0 Å². The van der Waals surface area contributed by atoms with E-state index in [9.17, 15) is 4.79 Å². The van der Waals surface area contributed by atoms with E-state index >= 15 is 0 Å². The predicted molar refractivity (Wildman–Crippen MR) is 104 cm³/mol. The third kappa shape index (κ3) is 3.82. The summed E-state index contributed by atoms with van der Waals surface area (Å²) in [6.07, 6.45) is 3.39. The maximum atomic E-state index is 12.4. The number of nitrogens with one attached hydrogen (secondary N) is 2. The molecule has 1 atom stereocenters. The lowest BCUT2D eigenvalue weighted by Gasteiger charge is -2.39. The first kappa shape index (κ1) is 18.3. The van der Waals surface area contributed by atoms with E-state index in [-0.39, 0.29) is 5.91 Å². The number of carbonyl (C=O) groups is 1. The Hall–Kier alpha value is -2.06. The van der Waals surface area contributed by atoms with Crippen LogP contribution in [0.25, 0.3) is 5.69 Å². The molecule has 2 N–H and O–H groups in total. The van der Waals surface area contributed by atoms with Crippen LogP contribution in [0.3, 0.4) is 0 Å². The molecule has 27 heavy (non-hydrogen) atoms. The van der Waals surface area contributed by atoms with Gasteiger partial charge in [0.2, 0.25) is 5.91 Å². The Bertz CT molecular complexity index is 816. The van der Waals surface area contributed by atoms with Gasteiger partial charge in [0.25, 0.3) is 0 Å². The van der Waals surface area contributed by atoms with Gasteiger partial charge < -0.3 is 15.4 Å². The number of rotatable bonds is 6. The minimum Gasteiger partial charge on any atom is -0.497 e. The van der Waals surface area contributed by atoms with Crippen LogP contribution in [0.5, 0.6) is 5.75 Å². The number of nitrogens with zero attached hydrogens (tertiary/aromatic N) is 3. The van der Waals surface area contributed by atoms with Crippen LogP contribution >= 0.6 is 11.8 Å². The second-order valence-corrected chi connectivity index (χ2v) is 8.41. The van der Waals surface area contributed by atoms with Gasteiger partial charge in [-0.1, -0.05) is 11.8 Å². The Morgan fingerprint density at radius 2 is 2.15 bits per heavy atom. The van der Waals surface area contributed by atoms with Gasteiger partial charge in [0.1, 0.15) is 11.6 Å². The highest BCUT2D eigenvalue weighted by atomic mass is 32.2. The molecule has 4 rings (SSSR count). The molecule has 1 spiro atoms. The Morgan fingerprint density at radius 1 is 1.37 bits per heavy atom. The lowest BCUT2D eigenvalue weighted by atomic mass is 9.80. The Morgan fingerprint density at radius 3 is 2.78 bits per heavy atom. The third-order valence-electron chi connectivity index (χ3n) is 5.53. The SMILES string of the molecule is COc1ccc(-n2c(C)nnc2SCC(=O)NC2CCC3(CNC3)C2)cc1. The fourth-order valence-corrected chi connectivity index (χ4v) is 4.80. The van der Waals surface area contributed by atoms with Crippen LogP contribution in [-0.4, -0.2) is 52.7 Å². The lowest BCUT2D eigenvalue weighted by molar-refractivity contribution is -0.119. The molecule has 0 radical (unpaired) electrons. The molecule has 1 aliphatic heterocycles. The molecule has 1 amide bonds. The number of hydrogen-bond donors (Lipinski definition) is 2. The summed E-state index contributed by atoms with van der Waals surface area (Å²) in [5.74, 6) is 2.00. The average Bonchev–Trinajstić information content (AvgIpc) is 3.24. The maximum absolute atomic E-state index is 12.4. The number of hydrogen-bond acceptors (Lipinski definition) is 6. The zero-order valence-electron chi connectivity index (χ0n) is 15.7. The van der Waals surface area contributed by atoms with Crippen molar-refractivity contribution in [2.24, 2.45) is 5.41 Å². The van der Waals surface area contributed by atoms with Crippen molar-refractivity contribution in [3.63, 3.8) is 0 Å². The van der Waals surface area contributed by atoms with Crippen molar-refractivity contribution < 1.29 is 9.53 Å². The topological polar surface area (TPSA) is 81.1 Å². The number of carbonyl (C=O) groups excluding carboxylic acids is 1. The number of thioether (sulfide) groups is 1. The van der Waals surface area contributed by atoms with Gasteiger partial charge in [-0.25, -0.2) is 0 Å². The van der Waals surface area contributed by atoms with Crippen molar-refractivity contribution in [2.45, 2.75) is 37.4 Å². The normalized spacial score (nSPS) is 20.4. The van der Waals surface area contributed by atoms with Crippen LogP contribution in [-0.2, 0) is 4.79 Å². The summed E-state index contributed by atoms with van der Waals surface area (Å²) in [4.78, 5) is 12.4. The molecule has 1 aromatic heterocycles. The van der Waals surface area contributed by atoms with Crippen molar-refractivity contribution in [1.29, 1.82) is 0 Å². The number of aryl methyl sites for hydroxylation is 1. The monoisotopic (exact) mass is 387 g/mol. The van der Waals surface area contributed by atoms with Crippen molar-refractivity contribution in [3.05, 3.63) is 30.1 Å². The molecule has 2 fully saturated rings. The minimum atomic E-state index is 0.0660. The zero-order chi connectivity index (χ0) is 18.9. The Labute approximate surface area is 163 Å². The van der Waals surface area contributed by atoms with Gasteiger partial charge in [0, 0.05) is 24.8 Å². The summed E-state index contributed by atoms with van der Waals surface area (Å²) < 4.78 is 7.17. The fraction of sp³-hybridized carbons (Fsp3) is 0.526. The largest absolute Gasteiger partial charge is 0.497 e. The molecule has 2 heterocycles. The molecule has 1 saturated carbocycles. The summed E-state index contributed by atoms with van der Waals surface area (Å²) in [6.45, 7) is 4.10. The number of aromatic nitrogens is 3. The summed E-state index contributed by atoms with van der Waals surface area (Å²) in [5, 5.41) is 15.7. The molecule has 144 valence electrons. The van der Waals surface area contributed by atoms with E-state index < -0.39 is 0 Å². The molecule has 1 saturated heterocycles. The first-order valence-corrected chi connectivity index (χ1v) is 10.3. The van der Waals surface area contributed by atoms with Crippen molar-refractivity contribution in [2.75, 3.05) is 26.0 Å². The molecule has 1 unspecified atom stereocenters. The fourth-order valence-electron chi connectivity index (χ4n) is 3.99. The van der Waals surface area contributed by atoms with Crippen LogP contribution in [0, 0.1) is 12.3 Å². The van der Waals surface area contributed by atoms with Crippen LogP contribution < -0.4 is 15.4 Å². The highest BCUT2D eigenvalue weighted by Gasteiger charge is 2.43. The van der Waals surface area contributed by atoms with Crippen LogP contribution in [0.1, 0.15) is 25.1 Å². The number of amides is 1. The molecule has 1 aliphatic carbocycles. The third-order valence-corrected chi connectivity index (χ3v) is 6.45. The van der Waals surface area contributed by atoms with Crippen molar-refractivity contribution >= 4 is 17.7 Å². The van der Waals surface area contributed by atoms with E-state index in [4.69, 9.17) is 4.74 Å². The summed E-state index contributed by atoms with van der Waals surface area (Å²) in [7, 11) is 1.65. The summed E-state index contributed by atoms with van der Waals surface area (Å²) >= 11 is 1.42. The predicted octanol–water partition coefficient (Wildman–Crippen LogP) is 1.93.